The lowest BCUT2D eigenvalue weighted by Crippen LogP contribution is -2.27. The van der Waals surface area contributed by atoms with Gasteiger partial charge in [-0.2, -0.15) is 5.06 Å². The zero-order valence-corrected chi connectivity index (χ0v) is 23.7. The summed E-state index contributed by atoms with van der Waals surface area (Å²) in [5, 5.41) is 1.81. The van der Waals surface area contributed by atoms with Crippen LogP contribution >= 0.6 is 0 Å². The maximum atomic E-state index is 11.9. The average Bonchev–Trinajstić information content (AvgIpc) is 2.93. The fourth-order valence-electron chi connectivity index (χ4n) is 3.90. The van der Waals surface area contributed by atoms with E-state index < -0.39 is 0 Å². The van der Waals surface area contributed by atoms with E-state index in [1.54, 1.807) is 12.0 Å². The van der Waals surface area contributed by atoms with Crippen molar-refractivity contribution in [1.29, 1.82) is 0 Å². The van der Waals surface area contributed by atoms with Crippen molar-refractivity contribution in [3.8, 4) is 23.7 Å². The largest absolute Gasteiger partial charge is 0.464 e. The van der Waals surface area contributed by atoms with Crippen molar-refractivity contribution in [2.24, 2.45) is 0 Å². The van der Waals surface area contributed by atoms with Gasteiger partial charge in [-0.1, -0.05) is 100 Å². The Balaban J connectivity index is 1.96. The third-order valence-electron chi connectivity index (χ3n) is 6.07. The van der Waals surface area contributed by atoms with Crippen LogP contribution in [0.1, 0.15) is 107 Å². The number of unbranched alkanes of at least 4 members (excludes halogenated alkanes) is 8. The number of hydrogen-bond acceptors (Lipinski definition) is 4. The Hall–Kier alpha value is -3.05. The topological polar surface area (TPSA) is 38.8 Å². The summed E-state index contributed by atoms with van der Waals surface area (Å²) >= 11 is 0. The number of esters is 1. The third-order valence-corrected chi connectivity index (χ3v) is 6.07. The van der Waals surface area contributed by atoms with Crippen molar-refractivity contribution in [3.63, 3.8) is 0 Å². The summed E-state index contributed by atoms with van der Waals surface area (Å²) in [7, 11) is 0. The fourth-order valence-corrected chi connectivity index (χ4v) is 3.90. The minimum Gasteiger partial charge on any atom is -0.464 e. The number of ether oxygens (including phenoxy) is 1. The van der Waals surface area contributed by atoms with Gasteiger partial charge in [0.1, 0.15) is 0 Å². The number of benzene rings is 2. The molecule has 0 aliphatic heterocycles. The molecule has 0 unspecified atom stereocenters. The highest BCUT2D eigenvalue weighted by molar-refractivity contribution is 5.70. The van der Waals surface area contributed by atoms with Crippen LogP contribution in [0.15, 0.2) is 48.5 Å². The first kappa shape index (κ1) is 31.2. The second kappa shape index (κ2) is 20.0. The fraction of sp³-hybridized carbons (Fsp3) is 0.500. The van der Waals surface area contributed by atoms with E-state index in [-0.39, 0.29) is 12.6 Å². The summed E-state index contributed by atoms with van der Waals surface area (Å²) in [4.78, 5) is 17.8. The molecule has 0 radical (unpaired) electrons. The van der Waals surface area contributed by atoms with E-state index in [0.29, 0.717) is 19.7 Å². The van der Waals surface area contributed by atoms with E-state index in [1.807, 2.05) is 24.3 Å². The maximum absolute atomic E-state index is 11.9. The van der Waals surface area contributed by atoms with E-state index in [4.69, 9.17) is 9.57 Å². The van der Waals surface area contributed by atoms with Crippen LogP contribution in [-0.4, -0.2) is 24.2 Å². The molecule has 0 aliphatic rings. The quantitative estimate of drug-likeness (QED) is 0.0988. The number of carbonyl (C=O) groups is 1. The Morgan fingerprint density at radius 2 is 1.16 bits per heavy atom. The van der Waals surface area contributed by atoms with E-state index in [2.05, 4.69) is 61.8 Å². The molecule has 38 heavy (non-hydrogen) atoms. The van der Waals surface area contributed by atoms with Gasteiger partial charge in [-0.15, -0.1) is 0 Å². The smallest absolute Gasteiger partial charge is 0.334 e. The van der Waals surface area contributed by atoms with Gasteiger partial charge in [-0.05, 0) is 55.2 Å². The van der Waals surface area contributed by atoms with E-state index in [1.165, 1.54) is 38.5 Å². The Labute approximate surface area is 231 Å². The molecule has 4 nitrogen and oxygen atoms in total. The van der Waals surface area contributed by atoms with Gasteiger partial charge in [0, 0.05) is 37.1 Å². The van der Waals surface area contributed by atoms with Crippen molar-refractivity contribution < 1.29 is 14.4 Å². The van der Waals surface area contributed by atoms with Gasteiger partial charge in [0.15, 0.2) is 6.61 Å². The Bertz CT molecular complexity index is 960. The minimum absolute atomic E-state index is 0.114. The van der Waals surface area contributed by atoms with Crippen LogP contribution in [0.3, 0.4) is 0 Å². The molecule has 0 saturated carbocycles. The summed E-state index contributed by atoms with van der Waals surface area (Å²) in [6.07, 6.45) is 11.8. The van der Waals surface area contributed by atoms with Gasteiger partial charge >= 0.3 is 5.97 Å². The second-order valence-electron chi connectivity index (χ2n) is 9.50. The van der Waals surface area contributed by atoms with Crippen LogP contribution in [0.25, 0.3) is 0 Å². The summed E-state index contributed by atoms with van der Waals surface area (Å²) in [5.41, 5.74) is 4.22. The highest BCUT2D eigenvalue weighted by Gasteiger charge is 2.12. The number of carbonyl (C=O) groups excluding carboxylic acids is 1. The van der Waals surface area contributed by atoms with E-state index >= 15 is 0 Å². The first-order chi connectivity index (χ1) is 18.6. The lowest BCUT2D eigenvalue weighted by Gasteiger charge is -2.22. The Kier molecular flexibility index (Phi) is 16.4. The molecule has 2 aromatic carbocycles. The van der Waals surface area contributed by atoms with Crippen LogP contribution in [0.2, 0.25) is 0 Å². The highest BCUT2D eigenvalue weighted by Crippen LogP contribution is 2.13. The summed E-state index contributed by atoms with van der Waals surface area (Å²) in [6.45, 7) is 7.55. The molecule has 0 atom stereocenters. The molecule has 204 valence electrons. The van der Waals surface area contributed by atoms with Crippen LogP contribution < -0.4 is 0 Å². The van der Waals surface area contributed by atoms with E-state index in [9.17, 15) is 4.79 Å². The first-order valence-corrected chi connectivity index (χ1v) is 14.3. The molecule has 0 amide bonds. The third kappa shape index (κ3) is 14.0. The van der Waals surface area contributed by atoms with Crippen molar-refractivity contribution >= 4 is 5.97 Å². The summed E-state index contributed by atoms with van der Waals surface area (Å²) < 4.78 is 5.04. The van der Waals surface area contributed by atoms with Gasteiger partial charge in [0.25, 0.3) is 0 Å². The molecular weight excluding hydrogens is 470 g/mol. The van der Waals surface area contributed by atoms with Gasteiger partial charge in [0.2, 0.25) is 0 Å². The van der Waals surface area contributed by atoms with Crippen LogP contribution in [0.5, 0.6) is 0 Å². The molecule has 0 aliphatic carbocycles. The van der Waals surface area contributed by atoms with Gasteiger partial charge < -0.3 is 4.74 Å². The molecule has 0 heterocycles. The number of rotatable bonds is 16. The molecule has 0 bridgehead atoms. The number of hydrogen-bond donors (Lipinski definition) is 0. The zero-order valence-electron chi connectivity index (χ0n) is 23.7. The van der Waals surface area contributed by atoms with Crippen LogP contribution in [0, 0.1) is 23.7 Å². The number of nitrogens with zero attached hydrogens (tertiary/aromatic N) is 1. The summed E-state index contributed by atoms with van der Waals surface area (Å²) in [5.74, 6) is 12.7. The molecule has 0 aromatic heterocycles. The Morgan fingerprint density at radius 1 is 0.684 bits per heavy atom. The van der Waals surface area contributed by atoms with Gasteiger partial charge in [-0.3, -0.25) is 4.84 Å². The zero-order chi connectivity index (χ0) is 27.3. The second-order valence-corrected chi connectivity index (χ2v) is 9.50. The molecule has 0 saturated heterocycles. The van der Waals surface area contributed by atoms with Crippen molar-refractivity contribution in [3.05, 3.63) is 70.8 Å². The summed E-state index contributed by atoms with van der Waals surface area (Å²) in [6, 6.07) is 16.5. The SMILES string of the molecule is CCCCCCC#Cc1ccc(CN(Cc2ccc(C#CCCCCCC)cc2)OCC(=O)OCC)cc1. The van der Waals surface area contributed by atoms with Crippen molar-refractivity contribution in [1.82, 2.24) is 5.06 Å². The molecule has 0 spiro atoms. The molecule has 2 aromatic rings. The molecular formula is C34H45NO3. The van der Waals surface area contributed by atoms with Gasteiger partial charge in [0.05, 0.1) is 6.61 Å². The lowest BCUT2D eigenvalue weighted by molar-refractivity contribution is -0.193. The normalized spacial score (nSPS) is 10.4. The molecule has 0 fully saturated rings. The molecule has 2 rings (SSSR count). The predicted octanol–water partition coefficient (Wildman–Crippen LogP) is 7.83. The molecule has 0 N–H and O–H groups in total. The first-order valence-electron chi connectivity index (χ1n) is 14.3. The van der Waals surface area contributed by atoms with Crippen LogP contribution in [-0.2, 0) is 27.5 Å². The predicted molar refractivity (Wildman–Crippen MR) is 156 cm³/mol. The monoisotopic (exact) mass is 515 g/mol. The Morgan fingerprint density at radius 3 is 1.58 bits per heavy atom. The van der Waals surface area contributed by atoms with Crippen molar-refractivity contribution in [2.75, 3.05) is 13.2 Å². The standard InChI is InChI=1S/C34H45NO3/c1-4-7-9-11-13-15-17-30-19-23-32(24-20-30)27-35(38-29-34(36)37-6-3)28-33-25-21-31(22-26-33)18-16-14-12-10-8-5-2/h19-26H,4-14,27-29H2,1-3H3. The average molecular weight is 516 g/mol. The number of hydroxylamine groups is 2. The lowest BCUT2D eigenvalue weighted by atomic mass is 10.1. The maximum Gasteiger partial charge on any atom is 0.334 e. The van der Waals surface area contributed by atoms with Gasteiger partial charge in [-0.25, -0.2) is 4.79 Å². The van der Waals surface area contributed by atoms with Crippen LogP contribution in [0.4, 0.5) is 0 Å². The highest BCUT2D eigenvalue weighted by atomic mass is 16.7. The minimum atomic E-state index is -0.369. The van der Waals surface area contributed by atoms with E-state index in [0.717, 1.165) is 47.9 Å². The molecule has 4 heteroatoms. The van der Waals surface area contributed by atoms with Crippen molar-refractivity contribution in [2.45, 2.75) is 98.1 Å².